The molecule has 2 aromatic rings. The van der Waals surface area contributed by atoms with Gasteiger partial charge in [0, 0.05) is 0 Å². The first-order valence-electron chi connectivity index (χ1n) is 6.11. The molecule has 6 heteroatoms. The Bertz CT molecular complexity index is 819. The van der Waals surface area contributed by atoms with E-state index in [1.807, 2.05) is 6.07 Å². The number of halogens is 1. The van der Waals surface area contributed by atoms with Crippen LogP contribution in [0.3, 0.4) is 0 Å². The maximum absolute atomic E-state index is 12.5. The minimum absolute atomic E-state index is 0.0459. The summed E-state index contributed by atoms with van der Waals surface area (Å²) in [5.41, 5.74) is 7.72. The number of nitrogen functional groups attached to an aromatic ring is 1. The second-order valence-electron chi connectivity index (χ2n) is 4.67. The van der Waals surface area contributed by atoms with Gasteiger partial charge in [-0.05, 0) is 42.3 Å². The maximum Gasteiger partial charge on any atom is 0.186 e. The van der Waals surface area contributed by atoms with Crippen LogP contribution in [0.2, 0.25) is 5.02 Å². The highest BCUT2D eigenvalue weighted by Gasteiger charge is 2.22. The molecule has 108 valence electrons. The Balaban J connectivity index is 2.46. The molecule has 0 amide bonds. The van der Waals surface area contributed by atoms with Crippen LogP contribution in [0.1, 0.15) is 16.7 Å². The quantitative estimate of drug-likeness (QED) is 0.881. The number of nitriles is 1. The molecular formula is C15H13ClN2O2S. The number of aryl methyl sites for hydroxylation is 1. The van der Waals surface area contributed by atoms with Crippen LogP contribution in [0.15, 0.2) is 41.3 Å². The van der Waals surface area contributed by atoms with Crippen LogP contribution < -0.4 is 5.73 Å². The summed E-state index contributed by atoms with van der Waals surface area (Å²) in [6, 6.07) is 11.5. The summed E-state index contributed by atoms with van der Waals surface area (Å²) in [4.78, 5) is -0.0459. The summed E-state index contributed by atoms with van der Waals surface area (Å²) >= 11 is 5.97. The average molecular weight is 321 g/mol. The first-order valence-corrected chi connectivity index (χ1v) is 8.14. The van der Waals surface area contributed by atoms with Crippen molar-refractivity contribution in [2.24, 2.45) is 0 Å². The number of hydrogen-bond donors (Lipinski definition) is 1. The number of benzene rings is 2. The van der Waals surface area contributed by atoms with E-state index in [1.54, 1.807) is 31.2 Å². The molecule has 0 unspecified atom stereocenters. The lowest BCUT2D eigenvalue weighted by molar-refractivity contribution is 0.595. The fourth-order valence-corrected chi connectivity index (χ4v) is 4.26. The summed E-state index contributed by atoms with van der Waals surface area (Å²) < 4.78 is 25.0. The van der Waals surface area contributed by atoms with E-state index >= 15 is 0 Å². The number of sulfone groups is 1. The molecule has 0 atom stereocenters. The van der Waals surface area contributed by atoms with Gasteiger partial charge in [0.15, 0.2) is 9.84 Å². The molecule has 2 rings (SSSR count). The molecule has 4 nitrogen and oxygen atoms in total. The molecule has 2 aromatic carbocycles. The number of nitrogens with zero attached hydrogens (tertiary/aromatic N) is 1. The topological polar surface area (TPSA) is 84.0 Å². The molecule has 0 spiro atoms. The fraction of sp³-hybridized carbons (Fsp3) is 0.133. The highest BCUT2D eigenvalue weighted by molar-refractivity contribution is 7.91. The monoisotopic (exact) mass is 320 g/mol. The summed E-state index contributed by atoms with van der Waals surface area (Å²) in [5.74, 6) is -0.210. The summed E-state index contributed by atoms with van der Waals surface area (Å²) in [7, 11) is -3.66. The fourth-order valence-electron chi connectivity index (χ4n) is 2.06. The van der Waals surface area contributed by atoms with Gasteiger partial charge in [-0.25, -0.2) is 8.42 Å². The lowest BCUT2D eigenvalue weighted by Crippen LogP contribution is -2.09. The minimum atomic E-state index is -3.66. The molecule has 0 saturated carbocycles. The zero-order valence-corrected chi connectivity index (χ0v) is 12.9. The molecule has 0 fully saturated rings. The van der Waals surface area contributed by atoms with Gasteiger partial charge in [0.25, 0.3) is 0 Å². The molecule has 0 aliphatic rings. The van der Waals surface area contributed by atoms with Crippen LogP contribution >= 0.6 is 11.6 Å². The normalized spacial score (nSPS) is 11.1. The predicted molar refractivity (Wildman–Crippen MR) is 82.6 cm³/mol. The van der Waals surface area contributed by atoms with Crippen LogP contribution in [-0.4, -0.2) is 8.42 Å². The van der Waals surface area contributed by atoms with Gasteiger partial charge in [0.2, 0.25) is 0 Å². The molecule has 0 bridgehead atoms. The van der Waals surface area contributed by atoms with E-state index in [2.05, 4.69) is 0 Å². The van der Waals surface area contributed by atoms with Gasteiger partial charge in [0.1, 0.15) is 4.90 Å². The van der Waals surface area contributed by atoms with Crippen molar-refractivity contribution in [2.75, 3.05) is 5.73 Å². The molecule has 2 N–H and O–H groups in total. The van der Waals surface area contributed by atoms with E-state index in [-0.39, 0.29) is 21.4 Å². The highest BCUT2D eigenvalue weighted by atomic mass is 35.5. The van der Waals surface area contributed by atoms with Crippen LogP contribution in [0.5, 0.6) is 0 Å². The third kappa shape index (κ3) is 3.18. The number of rotatable bonds is 3. The Morgan fingerprint density at radius 1 is 1.29 bits per heavy atom. The number of anilines is 1. The zero-order valence-electron chi connectivity index (χ0n) is 11.3. The molecular weight excluding hydrogens is 308 g/mol. The van der Waals surface area contributed by atoms with Gasteiger partial charge in [-0.2, -0.15) is 5.26 Å². The first-order chi connectivity index (χ1) is 9.85. The Morgan fingerprint density at radius 2 is 2.00 bits per heavy atom. The van der Waals surface area contributed by atoms with E-state index in [1.165, 1.54) is 12.1 Å². The predicted octanol–water partition coefficient (Wildman–Crippen LogP) is 3.08. The molecule has 0 heterocycles. The van der Waals surface area contributed by atoms with Gasteiger partial charge < -0.3 is 5.73 Å². The van der Waals surface area contributed by atoms with Crippen LogP contribution in [0, 0.1) is 18.3 Å². The molecule has 0 aliphatic carbocycles. The van der Waals surface area contributed by atoms with E-state index in [9.17, 15) is 8.42 Å². The average Bonchev–Trinajstić information content (AvgIpc) is 2.40. The van der Waals surface area contributed by atoms with Crippen molar-refractivity contribution in [3.05, 3.63) is 58.1 Å². The van der Waals surface area contributed by atoms with E-state index in [0.29, 0.717) is 11.1 Å². The van der Waals surface area contributed by atoms with Gasteiger partial charge in [-0.15, -0.1) is 0 Å². The van der Waals surface area contributed by atoms with E-state index in [4.69, 9.17) is 22.6 Å². The van der Waals surface area contributed by atoms with Gasteiger partial charge in [-0.3, -0.25) is 0 Å². The van der Waals surface area contributed by atoms with E-state index < -0.39 is 9.84 Å². The summed E-state index contributed by atoms with van der Waals surface area (Å²) in [5, 5.41) is 8.95. The standard InChI is InChI=1S/C15H13ClN2O2S/c1-10-7-11(8-17)5-6-12(10)9-21(19,20)15-13(16)3-2-4-14(15)18/h2-7H,9,18H2,1H3. The Morgan fingerprint density at radius 3 is 2.57 bits per heavy atom. The van der Waals surface area contributed by atoms with Crippen LogP contribution in [0.4, 0.5) is 5.69 Å². The molecule has 0 saturated heterocycles. The van der Waals surface area contributed by atoms with Gasteiger partial charge in [0.05, 0.1) is 28.1 Å². The first kappa shape index (κ1) is 15.4. The molecule has 0 aromatic heterocycles. The smallest absolute Gasteiger partial charge is 0.186 e. The van der Waals surface area contributed by atoms with Crippen LogP contribution in [-0.2, 0) is 15.6 Å². The van der Waals surface area contributed by atoms with Gasteiger partial charge >= 0.3 is 0 Å². The number of hydrogen-bond acceptors (Lipinski definition) is 4. The minimum Gasteiger partial charge on any atom is -0.398 e. The Hall–Kier alpha value is -2.03. The van der Waals surface area contributed by atoms with Crippen molar-refractivity contribution in [2.45, 2.75) is 17.6 Å². The maximum atomic E-state index is 12.5. The van der Waals surface area contributed by atoms with E-state index in [0.717, 1.165) is 5.56 Å². The van der Waals surface area contributed by atoms with Crippen molar-refractivity contribution in [1.29, 1.82) is 5.26 Å². The SMILES string of the molecule is Cc1cc(C#N)ccc1CS(=O)(=O)c1c(N)cccc1Cl. The highest BCUT2D eigenvalue weighted by Crippen LogP contribution is 2.30. The van der Waals surface area contributed by atoms with Gasteiger partial charge in [-0.1, -0.05) is 23.7 Å². The van der Waals surface area contributed by atoms with Crippen molar-refractivity contribution in [3.8, 4) is 6.07 Å². The van der Waals surface area contributed by atoms with Crippen molar-refractivity contribution < 1.29 is 8.42 Å². The number of nitrogens with two attached hydrogens (primary N) is 1. The Labute approximate surface area is 128 Å². The summed E-state index contributed by atoms with van der Waals surface area (Å²) in [6.45, 7) is 1.77. The lowest BCUT2D eigenvalue weighted by Gasteiger charge is -2.11. The molecule has 0 radical (unpaired) electrons. The zero-order chi connectivity index (χ0) is 15.6. The second-order valence-corrected chi connectivity index (χ2v) is 7.00. The van der Waals surface area contributed by atoms with Crippen molar-refractivity contribution in [3.63, 3.8) is 0 Å². The second kappa shape index (κ2) is 5.76. The molecule has 21 heavy (non-hydrogen) atoms. The van der Waals surface area contributed by atoms with Crippen LogP contribution in [0.25, 0.3) is 0 Å². The third-order valence-corrected chi connectivity index (χ3v) is 5.32. The summed E-state index contributed by atoms with van der Waals surface area (Å²) in [6.07, 6.45) is 0. The Kier molecular flexibility index (Phi) is 4.21. The van der Waals surface area contributed by atoms with Crippen molar-refractivity contribution in [1.82, 2.24) is 0 Å². The molecule has 0 aliphatic heterocycles. The van der Waals surface area contributed by atoms with Crippen molar-refractivity contribution >= 4 is 27.1 Å². The third-order valence-electron chi connectivity index (χ3n) is 3.13. The largest absolute Gasteiger partial charge is 0.398 e. The lowest BCUT2D eigenvalue weighted by atomic mass is 10.1.